The van der Waals surface area contributed by atoms with E-state index in [0.29, 0.717) is 10.9 Å². The lowest BCUT2D eigenvalue weighted by Gasteiger charge is -1.99. The first-order valence-corrected chi connectivity index (χ1v) is 4.72. The van der Waals surface area contributed by atoms with E-state index in [4.69, 9.17) is 0 Å². The van der Waals surface area contributed by atoms with Gasteiger partial charge in [0.25, 0.3) is 0 Å². The molecular weight excluding hydrogens is 190 g/mol. The molecule has 1 N–H and O–H groups in total. The van der Waals surface area contributed by atoms with Gasteiger partial charge in [0.05, 0.1) is 5.52 Å². The third kappa shape index (κ3) is 1.68. The first-order valence-electron chi connectivity index (χ1n) is 4.72. The summed E-state index contributed by atoms with van der Waals surface area (Å²) in [5.41, 5.74) is 2.14. The summed E-state index contributed by atoms with van der Waals surface area (Å²) in [4.78, 5) is 25.7. The largest absolute Gasteiger partial charge is 0.322 e. The highest BCUT2D eigenvalue weighted by Crippen LogP contribution is 2.13. The molecule has 1 heterocycles. The molecule has 0 amide bonds. The van der Waals surface area contributed by atoms with Crippen molar-refractivity contribution in [2.75, 3.05) is 0 Å². The van der Waals surface area contributed by atoms with E-state index in [1.165, 1.54) is 12.1 Å². The zero-order valence-corrected chi connectivity index (χ0v) is 8.63. The molecule has 0 bridgehead atoms. The highest BCUT2D eigenvalue weighted by Gasteiger charge is 2.01. The van der Waals surface area contributed by atoms with Crippen LogP contribution in [-0.2, 0) is 0 Å². The van der Waals surface area contributed by atoms with E-state index in [1.807, 2.05) is 26.0 Å². The van der Waals surface area contributed by atoms with E-state index in [9.17, 15) is 9.59 Å². The van der Waals surface area contributed by atoms with Crippen molar-refractivity contribution in [2.45, 2.75) is 13.8 Å². The number of aromatic amines is 1. The lowest BCUT2D eigenvalue weighted by Crippen LogP contribution is -1.99. The first kappa shape index (κ1) is 9.65. The quantitative estimate of drug-likeness (QED) is 0.702. The fourth-order valence-corrected chi connectivity index (χ4v) is 1.80. The Morgan fingerprint density at radius 3 is 2.53 bits per heavy atom. The molecule has 0 aliphatic rings. The van der Waals surface area contributed by atoms with Crippen molar-refractivity contribution in [2.24, 2.45) is 0 Å². The minimum Gasteiger partial charge on any atom is -0.322 e. The van der Waals surface area contributed by atoms with Crippen LogP contribution in [0.25, 0.3) is 10.9 Å². The second-order valence-electron chi connectivity index (χ2n) is 3.69. The van der Waals surface area contributed by atoms with E-state index in [0.717, 1.165) is 11.1 Å². The number of hydrogen-bond acceptors (Lipinski definition) is 2. The Labute approximate surface area is 86.4 Å². The predicted molar refractivity (Wildman–Crippen MR) is 60.3 cm³/mol. The predicted octanol–water partition coefficient (Wildman–Crippen LogP) is 1.51. The number of fused-ring (bicyclic) bond motifs is 1. The molecular formula is C12H11NO2. The maximum absolute atomic E-state index is 11.7. The van der Waals surface area contributed by atoms with Crippen LogP contribution in [0.5, 0.6) is 0 Å². The summed E-state index contributed by atoms with van der Waals surface area (Å²) >= 11 is 0. The van der Waals surface area contributed by atoms with Crippen molar-refractivity contribution in [3.63, 3.8) is 0 Å². The first-order chi connectivity index (χ1) is 7.08. The van der Waals surface area contributed by atoms with Crippen molar-refractivity contribution in [3.05, 3.63) is 56.0 Å². The molecule has 0 spiro atoms. The standard InChI is InChI=1S/C12H11NO2/c1-7-5-8(2)12-9(6-7)13-11(15)4-3-10(12)14/h3-6H,1-2H3,(H,13,15). The Kier molecular flexibility index (Phi) is 2.15. The van der Waals surface area contributed by atoms with Crippen LogP contribution in [-0.4, -0.2) is 4.98 Å². The lowest BCUT2D eigenvalue weighted by atomic mass is 10.1. The van der Waals surface area contributed by atoms with Crippen molar-refractivity contribution in [1.29, 1.82) is 0 Å². The molecule has 1 aromatic heterocycles. The average molecular weight is 201 g/mol. The van der Waals surface area contributed by atoms with Crippen molar-refractivity contribution >= 4 is 10.9 Å². The summed E-state index contributed by atoms with van der Waals surface area (Å²) in [6.45, 7) is 3.80. The van der Waals surface area contributed by atoms with Crippen molar-refractivity contribution < 1.29 is 0 Å². The summed E-state index contributed by atoms with van der Waals surface area (Å²) in [6, 6.07) is 6.31. The van der Waals surface area contributed by atoms with E-state index in [2.05, 4.69) is 4.98 Å². The molecule has 2 aromatic rings. The van der Waals surface area contributed by atoms with Crippen molar-refractivity contribution in [1.82, 2.24) is 4.98 Å². The summed E-state index contributed by atoms with van der Waals surface area (Å²) in [5.74, 6) is 0. The maximum atomic E-state index is 11.7. The number of nitrogens with one attached hydrogen (secondary N) is 1. The Bertz CT molecular complexity index is 641. The number of H-pyrrole nitrogens is 1. The van der Waals surface area contributed by atoms with Crippen LogP contribution in [0.3, 0.4) is 0 Å². The van der Waals surface area contributed by atoms with Crippen LogP contribution in [0.4, 0.5) is 0 Å². The molecule has 0 saturated heterocycles. The van der Waals surface area contributed by atoms with Crippen LogP contribution < -0.4 is 11.0 Å². The minimum atomic E-state index is -0.257. The Hall–Kier alpha value is -1.90. The zero-order valence-electron chi connectivity index (χ0n) is 8.63. The van der Waals surface area contributed by atoms with Gasteiger partial charge in [0.2, 0.25) is 5.56 Å². The number of benzene rings is 1. The van der Waals surface area contributed by atoms with Gasteiger partial charge in [-0.2, -0.15) is 0 Å². The van der Waals surface area contributed by atoms with Crippen LogP contribution in [0.2, 0.25) is 0 Å². The van der Waals surface area contributed by atoms with Gasteiger partial charge in [-0.05, 0) is 37.1 Å². The molecule has 0 fully saturated rings. The molecule has 76 valence electrons. The minimum absolute atomic E-state index is 0.124. The molecule has 0 atom stereocenters. The maximum Gasteiger partial charge on any atom is 0.248 e. The van der Waals surface area contributed by atoms with Crippen LogP contribution in [0.1, 0.15) is 11.1 Å². The molecule has 0 aliphatic carbocycles. The van der Waals surface area contributed by atoms with Crippen LogP contribution >= 0.6 is 0 Å². The Morgan fingerprint density at radius 2 is 1.80 bits per heavy atom. The second kappa shape index (κ2) is 3.35. The highest BCUT2D eigenvalue weighted by molar-refractivity contribution is 5.81. The number of aromatic nitrogens is 1. The third-order valence-corrected chi connectivity index (χ3v) is 2.37. The van der Waals surface area contributed by atoms with Gasteiger partial charge in [-0.25, -0.2) is 0 Å². The molecule has 3 nitrogen and oxygen atoms in total. The van der Waals surface area contributed by atoms with E-state index in [-0.39, 0.29) is 11.0 Å². The fraction of sp³-hybridized carbons (Fsp3) is 0.167. The summed E-state index contributed by atoms with van der Waals surface area (Å²) in [5, 5.41) is 0.586. The lowest BCUT2D eigenvalue weighted by molar-refractivity contribution is 1.31. The van der Waals surface area contributed by atoms with E-state index < -0.39 is 0 Å². The second-order valence-corrected chi connectivity index (χ2v) is 3.69. The average Bonchev–Trinajstić information content (AvgIpc) is 2.25. The molecule has 0 saturated carbocycles. The Balaban J connectivity index is 3.15. The molecule has 0 unspecified atom stereocenters. The fourth-order valence-electron chi connectivity index (χ4n) is 1.80. The number of hydrogen-bond donors (Lipinski definition) is 1. The topological polar surface area (TPSA) is 49.9 Å². The molecule has 15 heavy (non-hydrogen) atoms. The molecule has 0 aliphatic heterocycles. The Morgan fingerprint density at radius 1 is 1.07 bits per heavy atom. The molecule has 0 radical (unpaired) electrons. The number of rotatable bonds is 0. The van der Waals surface area contributed by atoms with Gasteiger partial charge in [-0.3, -0.25) is 9.59 Å². The smallest absolute Gasteiger partial charge is 0.248 e. The van der Waals surface area contributed by atoms with Gasteiger partial charge >= 0.3 is 0 Å². The highest BCUT2D eigenvalue weighted by atomic mass is 16.1. The molecule has 1 aromatic carbocycles. The van der Waals surface area contributed by atoms with Crippen LogP contribution in [0.15, 0.2) is 33.9 Å². The van der Waals surface area contributed by atoms with E-state index >= 15 is 0 Å². The van der Waals surface area contributed by atoms with Gasteiger partial charge < -0.3 is 4.98 Å². The van der Waals surface area contributed by atoms with Gasteiger partial charge in [0, 0.05) is 11.5 Å². The summed E-state index contributed by atoms with van der Waals surface area (Å²) in [6.07, 6.45) is 0. The SMILES string of the molecule is Cc1cc(C)c2c(=O)ccc(=O)[nH]c2c1. The van der Waals surface area contributed by atoms with Gasteiger partial charge in [-0.15, -0.1) is 0 Å². The van der Waals surface area contributed by atoms with Crippen LogP contribution in [0, 0.1) is 13.8 Å². The third-order valence-electron chi connectivity index (χ3n) is 2.37. The monoisotopic (exact) mass is 201 g/mol. The van der Waals surface area contributed by atoms with Crippen molar-refractivity contribution in [3.8, 4) is 0 Å². The van der Waals surface area contributed by atoms with E-state index in [1.54, 1.807) is 0 Å². The molecule has 2 rings (SSSR count). The summed E-state index contributed by atoms with van der Waals surface area (Å²) in [7, 11) is 0. The van der Waals surface area contributed by atoms with Gasteiger partial charge in [0.1, 0.15) is 0 Å². The normalized spacial score (nSPS) is 10.5. The summed E-state index contributed by atoms with van der Waals surface area (Å²) < 4.78 is 0. The van der Waals surface area contributed by atoms with Gasteiger partial charge in [0.15, 0.2) is 5.43 Å². The van der Waals surface area contributed by atoms with Gasteiger partial charge in [-0.1, -0.05) is 6.07 Å². The number of aryl methyl sites for hydroxylation is 2. The zero-order chi connectivity index (χ0) is 11.0. The molecule has 3 heteroatoms.